The molecule has 2 aromatic heterocycles. The van der Waals surface area contributed by atoms with E-state index in [1.54, 1.807) is 6.07 Å². The van der Waals surface area contributed by atoms with E-state index >= 15 is 0 Å². The van der Waals surface area contributed by atoms with Gasteiger partial charge in [0.2, 0.25) is 5.91 Å². The van der Waals surface area contributed by atoms with Crippen molar-refractivity contribution in [3.05, 3.63) is 33.5 Å². The molecule has 2 amide bonds. The molecule has 0 saturated heterocycles. The number of nitrogens with zero attached hydrogens (tertiary/aromatic N) is 1. The van der Waals surface area contributed by atoms with Crippen molar-refractivity contribution >= 4 is 39.6 Å². The molecule has 2 aromatic rings. The molecule has 23 heavy (non-hydrogen) atoms. The molecule has 0 aliphatic heterocycles. The van der Waals surface area contributed by atoms with Gasteiger partial charge in [0.25, 0.3) is 5.91 Å². The maximum absolute atomic E-state index is 11.9. The number of amides is 2. The molecule has 0 fully saturated rings. The largest absolute Gasteiger partial charge is 0.356 e. The number of nitrogens with one attached hydrogen (secondary N) is 2. The molecule has 0 atom stereocenters. The van der Waals surface area contributed by atoms with E-state index < -0.39 is 0 Å². The average Bonchev–Trinajstić information content (AvgIpc) is 3.16. The Morgan fingerprint density at radius 3 is 2.83 bits per heavy atom. The Balaban J connectivity index is 1.74. The Morgan fingerprint density at radius 2 is 2.13 bits per heavy atom. The first-order valence-corrected chi connectivity index (χ1v) is 9.36. The van der Waals surface area contributed by atoms with Crippen molar-refractivity contribution in [1.82, 2.24) is 10.3 Å². The number of thiazole rings is 1. The molecular weight excluding hydrogens is 330 g/mol. The third-order valence-electron chi connectivity index (χ3n) is 3.17. The van der Waals surface area contributed by atoms with Crippen molar-refractivity contribution in [3.63, 3.8) is 0 Å². The zero-order valence-corrected chi connectivity index (χ0v) is 14.9. The van der Waals surface area contributed by atoms with Crippen molar-refractivity contribution in [3.8, 4) is 0 Å². The quantitative estimate of drug-likeness (QED) is 0.764. The summed E-state index contributed by atoms with van der Waals surface area (Å²) in [6.45, 7) is 4.98. The second-order valence-electron chi connectivity index (χ2n) is 5.61. The molecular formula is C16H21N3O2S2. The lowest BCUT2D eigenvalue weighted by atomic mass is 10.1. The molecule has 5 nitrogen and oxygen atoms in total. The molecule has 0 aromatic carbocycles. The van der Waals surface area contributed by atoms with Gasteiger partial charge in [0.1, 0.15) is 0 Å². The van der Waals surface area contributed by atoms with Crippen LogP contribution in [0.2, 0.25) is 0 Å². The minimum absolute atomic E-state index is 0.0443. The van der Waals surface area contributed by atoms with Gasteiger partial charge in [-0.3, -0.25) is 14.9 Å². The van der Waals surface area contributed by atoms with Crippen LogP contribution in [-0.2, 0) is 11.2 Å². The highest BCUT2D eigenvalue weighted by molar-refractivity contribution is 7.14. The van der Waals surface area contributed by atoms with Crippen LogP contribution in [0.4, 0.5) is 5.13 Å². The van der Waals surface area contributed by atoms with Gasteiger partial charge in [-0.05, 0) is 30.2 Å². The SMILES string of the molecule is CC(C)CCNC(=O)CCc1csc(NC(=O)c2cccs2)n1. The highest BCUT2D eigenvalue weighted by Gasteiger charge is 2.10. The first kappa shape index (κ1) is 17.6. The topological polar surface area (TPSA) is 71.1 Å². The predicted molar refractivity (Wildman–Crippen MR) is 95.2 cm³/mol. The Bertz CT molecular complexity index is 636. The monoisotopic (exact) mass is 351 g/mol. The Hall–Kier alpha value is -1.73. The van der Waals surface area contributed by atoms with Crippen LogP contribution in [0.3, 0.4) is 0 Å². The van der Waals surface area contributed by atoms with Crippen LogP contribution in [0, 0.1) is 5.92 Å². The summed E-state index contributed by atoms with van der Waals surface area (Å²) in [5.41, 5.74) is 0.829. The molecule has 2 rings (SSSR count). The van der Waals surface area contributed by atoms with Crippen molar-refractivity contribution in [2.75, 3.05) is 11.9 Å². The van der Waals surface area contributed by atoms with Gasteiger partial charge in [0, 0.05) is 18.3 Å². The third kappa shape index (κ3) is 6.11. The van der Waals surface area contributed by atoms with Crippen molar-refractivity contribution < 1.29 is 9.59 Å². The van der Waals surface area contributed by atoms with Gasteiger partial charge in [0.15, 0.2) is 5.13 Å². The number of aromatic nitrogens is 1. The van der Waals surface area contributed by atoms with Gasteiger partial charge >= 0.3 is 0 Å². The molecule has 2 N–H and O–H groups in total. The summed E-state index contributed by atoms with van der Waals surface area (Å²) in [5.74, 6) is 0.485. The van der Waals surface area contributed by atoms with Gasteiger partial charge in [-0.2, -0.15) is 0 Å². The minimum atomic E-state index is -0.146. The minimum Gasteiger partial charge on any atom is -0.356 e. The summed E-state index contributed by atoms with van der Waals surface area (Å²) in [6.07, 6.45) is 1.99. The van der Waals surface area contributed by atoms with Gasteiger partial charge in [0.05, 0.1) is 10.6 Å². The highest BCUT2D eigenvalue weighted by Crippen LogP contribution is 2.18. The predicted octanol–water partition coefficient (Wildman–Crippen LogP) is 3.55. The maximum atomic E-state index is 11.9. The average molecular weight is 351 g/mol. The van der Waals surface area contributed by atoms with Crippen molar-refractivity contribution in [2.24, 2.45) is 5.92 Å². The number of aryl methyl sites for hydroxylation is 1. The van der Waals surface area contributed by atoms with Crippen LogP contribution in [0.1, 0.15) is 42.1 Å². The number of carbonyl (C=O) groups is 2. The number of thiophene rings is 1. The zero-order chi connectivity index (χ0) is 16.7. The second-order valence-corrected chi connectivity index (χ2v) is 7.41. The zero-order valence-electron chi connectivity index (χ0n) is 13.3. The van der Waals surface area contributed by atoms with Crippen LogP contribution in [0.15, 0.2) is 22.9 Å². The summed E-state index contributed by atoms with van der Waals surface area (Å²) in [6, 6.07) is 3.61. The lowest BCUT2D eigenvalue weighted by Crippen LogP contribution is -2.25. The molecule has 0 spiro atoms. The summed E-state index contributed by atoms with van der Waals surface area (Å²) < 4.78 is 0. The summed E-state index contributed by atoms with van der Waals surface area (Å²) >= 11 is 2.77. The fourth-order valence-corrected chi connectivity index (χ4v) is 3.23. The van der Waals surface area contributed by atoms with Gasteiger partial charge in [-0.1, -0.05) is 19.9 Å². The van der Waals surface area contributed by atoms with Gasteiger partial charge in [-0.15, -0.1) is 22.7 Å². The Labute approximate surface area is 144 Å². The maximum Gasteiger partial charge on any atom is 0.267 e. The van der Waals surface area contributed by atoms with Gasteiger partial charge in [-0.25, -0.2) is 4.98 Å². The third-order valence-corrected chi connectivity index (χ3v) is 4.84. The van der Waals surface area contributed by atoms with Crippen molar-refractivity contribution in [2.45, 2.75) is 33.1 Å². The number of hydrogen-bond acceptors (Lipinski definition) is 5. The second kappa shape index (κ2) is 8.79. The molecule has 0 radical (unpaired) electrons. The Morgan fingerprint density at radius 1 is 1.30 bits per heavy atom. The smallest absolute Gasteiger partial charge is 0.267 e. The first-order chi connectivity index (χ1) is 11.0. The molecule has 0 saturated carbocycles. The summed E-state index contributed by atoms with van der Waals surface area (Å²) in [7, 11) is 0. The van der Waals surface area contributed by atoms with Gasteiger partial charge < -0.3 is 5.32 Å². The lowest BCUT2D eigenvalue weighted by Gasteiger charge is -2.06. The number of anilines is 1. The fraction of sp³-hybridized carbons (Fsp3) is 0.438. The first-order valence-electron chi connectivity index (χ1n) is 7.60. The number of rotatable bonds is 8. The van der Waals surface area contributed by atoms with E-state index in [2.05, 4.69) is 29.5 Å². The van der Waals surface area contributed by atoms with E-state index in [9.17, 15) is 9.59 Å². The normalized spacial score (nSPS) is 10.7. The van der Waals surface area contributed by atoms with E-state index in [0.717, 1.165) is 18.7 Å². The van der Waals surface area contributed by atoms with Crippen LogP contribution in [0.5, 0.6) is 0 Å². The molecule has 0 aliphatic rings. The van der Waals surface area contributed by atoms with E-state index in [4.69, 9.17) is 0 Å². The number of hydrogen-bond donors (Lipinski definition) is 2. The van der Waals surface area contributed by atoms with Crippen LogP contribution >= 0.6 is 22.7 Å². The molecule has 2 heterocycles. The molecule has 0 aliphatic carbocycles. The molecule has 124 valence electrons. The molecule has 0 bridgehead atoms. The standard InChI is InChI=1S/C16H21N3O2S2/c1-11(2)7-8-17-14(20)6-5-12-10-23-16(18-12)19-15(21)13-4-3-9-22-13/h3-4,9-11H,5-8H2,1-2H3,(H,17,20)(H,18,19,21). The summed E-state index contributed by atoms with van der Waals surface area (Å²) in [4.78, 5) is 28.7. The van der Waals surface area contributed by atoms with Crippen LogP contribution in [0.25, 0.3) is 0 Å². The van der Waals surface area contributed by atoms with E-state index in [1.807, 2.05) is 16.8 Å². The van der Waals surface area contributed by atoms with Crippen LogP contribution < -0.4 is 10.6 Å². The molecule has 0 unspecified atom stereocenters. The van der Waals surface area contributed by atoms with Crippen molar-refractivity contribution in [1.29, 1.82) is 0 Å². The van der Waals surface area contributed by atoms with E-state index in [-0.39, 0.29) is 11.8 Å². The fourth-order valence-electron chi connectivity index (χ4n) is 1.88. The number of carbonyl (C=O) groups excluding carboxylic acids is 2. The van der Waals surface area contributed by atoms with Crippen LogP contribution in [-0.4, -0.2) is 23.3 Å². The Kier molecular flexibility index (Phi) is 6.73. The lowest BCUT2D eigenvalue weighted by molar-refractivity contribution is -0.121. The summed E-state index contributed by atoms with van der Waals surface area (Å²) in [5, 5.41) is 10.00. The van der Waals surface area contributed by atoms with E-state index in [1.165, 1.54) is 22.7 Å². The van der Waals surface area contributed by atoms with E-state index in [0.29, 0.717) is 28.8 Å². The molecule has 7 heteroatoms. The highest BCUT2D eigenvalue weighted by atomic mass is 32.1.